The molecule has 1 aliphatic rings. The second-order valence-corrected chi connectivity index (χ2v) is 5.21. The predicted octanol–water partition coefficient (Wildman–Crippen LogP) is 2.27. The summed E-state index contributed by atoms with van der Waals surface area (Å²) in [5.74, 6) is 0. The molecule has 0 aromatic carbocycles. The minimum Gasteiger partial charge on any atom is -0.383 e. The highest BCUT2D eigenvalue weighted by atomic mass is 16.5. The van der Waals surface area contributed by atoms with Gasteiger partial charge in [-0.3, -0.25) is 4.90 Å². The van der Waals surface area contributed by atoms with Gasteiger partial charge in [0.05, 0.1) is 6.61 Å². The highest BCUT2D eigenvalue weighted by Gasteiger charge is 2.16. The average molecular weight is 242 g/mol. The molecule has 1 unspecified atom stereocenters. The van der Waals surface area contributed by atoms with Gasteiger partial charge < -0.3 is 10.1 Å². The molecule has 0 heterocycles. The normalized spacial score (nSPS) is 19.8. The van der Waals surface area contributed by atoms with Crippen LogP contribution in [0, 0.1) is 0 Å². The Balaban J connectivity index is 2.18. The second kappa shape index (κ2) is 8.90. The van der Waals surface area contributed by atoms with Crippen LogP contribution in [0.15, 0.2) is 0 Å². The molecule has 0 radical (unpaired) electrons. The Morgan fingerprint density at radius 1 is 1.29 bits per heavy atom. The van der Waals surface area contributed by atoms with Gasteiger partial charge in [-0.1, -0.05) is 26.2 Å². The van der Waals surface area contributed by atoms with Gasteiger partial charge in [0.25, 0.3) is 0 Å². The van der Waals surface area contributed by atoms with Crippen molar-refractivity contribution in [2.24, 2.45) is 0 Å². The van der Waals surface area contributed by atoms with E-state index in [1.807, 2.05) is 0 Å². The van der Waals surface area contributed by atoms with Gasteiger partial charge >= 0.3 is 0 Å². The van der Waals surface area contributed by atoms with E-state index < -0.39 is 0 Å². The summed E-state index contributed by atoms with van der Waals surface area (Å²) in [4.78, 5) is 2.49. The number of rotatable bonds is 8. The maximum atomic E-state index is 5.16. The second-order valence-electron chi connectivity index (χ2n) is 5.21. The van der Waals surface area contributed by atoms with Gasteiger partial charge in [0.15, 0.2) is 0 Å². The Morgan fingerprint density at radius 3 is 2.59 bits per heavy atom. The molecule has 0 spiro atoms. The zero-order chi connectivity index (χ0) is 12.5. The molecule has 1 fully saturated rings. The van der Waals surface area contributed by atoms with Crippen molar-refractivity contribution in [1.29, 1.82) is 0 Å². The third kappa shape index (κ3) is 5.84. The summed E-state index contributed by atoms with van der Waals surface area (Å²) in [7, 11) is 1.78. The molecule has 1 rings (SSSR count). The lowest BCUT2D eigenvalue weighted by molar-refractivity contribution is 0.126. The van der Waals surface area contributed by atoms with Gasteiger partial charge in [0.1, 0.15) is 0 Å². The lowest BCUT2D eigenvalue weighted by Crippen LogP contribution is -2.45. The van der Waals surface area contributed by atoms with Crippen LogP contribution < -0.4 is 5.32 Å². The van der Waals surface area contributed by atoms with Crippen LogP contribution in [-0.4, -0.2) is 50.3 Å². The van der Waals surface area contributed by atoms with E-state index >= 15 is 0 Å². The fourth-order valence-corrected chi connectivity index (χ4v) is 2.67. The Hall–Kier alpha value is -0.120. The molecule has 1 N–H and O–H groups in total. The monoisotopic (exact) mass is 242 g/mol. The molecule has 0 saturated heterocycles. The summed E-state index contributed by atoms with van der Waals surface area (Å²) in [6.45, 7) is 8.64. The summed E-state index contributed by atoms with van der Waals surface area (Å²) in [5, 5.41) is 3.73. The van der Waals surface area contributed by atoms with E-state index in [9.17, 15) is 0 Å². The van der Waals surface area contributed by atoms with Crippen molar-refractivity contribution in [3.05, 3.63) is 0 Å². The largest absolute Gasteiger partial charge is 0.383 e. The average Bonchev–Trinajstić information content (AvgIpc) is 2.38. The molecule has 1 atom stereocenters. The van der Waals surface area contributed by atoms with Crippen LogP contribution in [0.25, 0.3) is 0 Å². The van der Waals surface area contributed by atoms with Crippen LogP contribution in [0.4, 0.5) is 0 Å². The van der Waals surface area contributed by atoms with E-state index in [1.54, 1.807) is 7.11 Å². The summed E-state index contributed by atoms with van der Waals surface area (Å²) in [5.41, 5.74) is 0. The van der Waals surface area contributed by atoms with Crippen LogP contribution in [0.2, 0.25) is 0 Å². The highest BCUT2D eigenvalue weighted by Crippen LogP contribution is 2.17. The molecule has 3 heteroatoms. The first-order valence-electron chi connectivity index (χ1n) is 7.24. The van der Waals surface area contributed by atoms with Gasteiger partial charge in [-0.25, -0.2) is 0 Å². The maximum absolute atomic E-state index is 5.16. The molecule has 17 heavy (non-hydrogen) atoms. The minimum atomic E-state index is 0.608. The molecule has 102 valence electrons. The number of nitrogens with one attached hydrogen (secondary N) is 1. The van der Waals surface area contributed by atoms with Crippen LogP contribution in [0.3, 0.4) is 0 Å². The SMILES string of the molecule is CCN(CCOC)C(C)CNC1CCCCC1. The first kappa shape index (κ1) is 14.9. The maximum Gasteiger partial charge on any atom is 0.0589 e. The number of hydrogen-bond donors (Lipinski definition) is 1. The highest BCUT2D eigenvalue weighted by molar-refractivity contribution is 4.76. The van der Waals surface area contributed by atoms with Gasteiger partial charge in [-0.15, -0.1) is 0 Å². The zero-order valence-electron chi connectivity index (χ0n) is 11.9. The molecular weight excluding hydrogens is 212 g/mol. The molecule has 0 amide bonds. The van der Waals surface area contributed by atoms with Crippen molar-refractivity contribution in [3.8, 4) is 0 Å². The van der Waals surface area contributed by atoms with E-state index in [0.717, 1.165) is 32.3 Å². The molecule has 0 aromatic rings. The number of ether oxygens (including phenoxy) is 1. The standard InChI is InChI=1S/C14H30N2O/c1-4-16(10-11-17-3)13(2)12-15-14-8-6-5-7-9-14/h13-15H,4-12H2,1-3H3. The lowest BCUT2D eigenvalue weighted by Gasteiger charge is -2.30. The third-order valence-electron chi connectivity index (χ3n) is 3.92. The number of nitrogens with zero attached hydrogens (tertiary/aromatic N) is 1. The Kier molecular flexibility index (Phi) is 7.82. The Morgan fingerprint density at radius 2 is 2.00 bits per heavy atom. The van der Waals surface area contributed by atoms with E-state index in [-0.39, 0.29) is 0 Å². The Labute approximate surface area is 107 Å². The third-order valence-corrected chi connectivity index (χ3v) is 3.92. The van der Waals surface area contributed by atoms with E-state index in [4.69, 9.17) is 4.74 Å². The Bertz CT molecular complexity index is 181. The van der Waals surface area contributed by atoms with Gasteiger partial charge in [0, 0.05) is 32.3 Å². The van der Waals surface area contributed by atoms with Gasteiger partial charge in [0.2, 0.25) is 0 Å². The number of likely N-dealkylation sites (N-methyl/N-ethyl adjacent to an activating group) is 1. The summed E-state index contributed by atoms with van der Waals surface area (Å²) >= 11 is 0. The van der Waals surface area contributed by atoms with Crippen LogP contribution in [0.1, 0.15) is 46.0 Å². The smallest absolute Gasteiger partial charge is 0.0589 e. The zero-order valence-corrected chi connectivity index (χ0v) is 11.9. The molecule has 0 aromatic heterocycles. The van der Waals surface area contributed by atoms with Crippen LogP contribution >= 0.6 is 0 Å². The predicted molar refractivity (Wildman–Crippen MR) is 73.5 cm³/mol. The van der Waals surface area contributed by atoms with Crippen molar-refractivity contribution >= 4 is 0 Å². The van der Waals surface area contributed by atoms with Crippen molar-refractivity contribution in [2.45, 2.75) is 58.0 Å². The number of hydrogen-bond acceptors (Lipinski definition) is 3. The molecule has 0 bridgehead atoms. The van der Waals surface area contributed by atoms with Crippen LogP contribution in [-0.2, 0) is 4.74 Å². The fraction of sp³-hybridized carbons (Fsp3) is 1.00. The molecular formula is C14H30N2O. The first-order valence-corrected chi connectivity index (χ1v) is 7.24. The van der Waals surface area contributed by atoms with Gasteiger partial charge in [-0.05, 0) is 26.3 Å². The van der Waals surface area contributed by atoms with E-state index in [0.29, 0.717) is 6.04 Å². The van der Waals surface area contributed by atoms with Crippen molar-refractivity contribution in [3.63, 3.8) is 0 Å². The summed E-state index contributed by atoms with van der Waals surface area (Å²) < 4.78 is 5.16. The number of methoxy groups -OCH3 is 1. The fourth-order valence-electron chi connectivity index (χ4n) is 2.67. The van der Waals surface area contributed by atoms with Crippen molar-refractivity contribution in [1.82, 2.24) is 10.2 Å². The summed E-state index contributed by atoms with van der Waals surface area (Å²) in [6.07, 6.45) is 7.00. The van der Waals surface area contributed by atoms with E-state index in [1.165, 1.54) is 32.1 Å². The molecule has 3 nitrogen and oxygen atoms in total. The molecule has 1 aliphatic carbocycles. The summed E-state index contributed by atoms with van der Waals surface area (Å²) in [6, 6.07) is 1.38. The van der Waals surface area contributed by atoms with E-state index in [2.05, 4.69) is 24.1 Å². The van der Waals surface area contributed by atoms with Crippen LogP contribution in [0.5, 0.6) is 0 Å². The van der Waals surface area contributed by atoms with Crippen molar-refractivity contribution in [2.75, 3.05) is 33.4 Å². The first-order chi connectivity index (χ1) is 8.27. The van der Waals surface area contributed by atoms with Crippen molar-refractivity contribution < 1.29 is 4.74 Å². The minimum absolute atomic E-state index is 0.608. The quantitative estimate of drug-likeness (QED) is 0.706. The molecule has 0 aliphatic heterocycles. The molecule has 1 saturated carbocycles. The lowest BCUT2D eigenvalue weighted by atomic mass is 9.95. The topological polar surface area (TPSA) is 24.5 Å². The van der Waals surface area contributed by atoms with Gasteiger partial charge in [-0.2, -0.15) is 0 Å².